The molecule has 11 heteroatoms. The van der Waals surface area contributed by atoms with Crippen LogP contribution >= 0.6 is 23.1 Å². The quantitative estimate of drug-likeness (QED) is 0.254. The summed E-state index contributed by atoms with van der Waals surface area (Å²) in [6.07, 6.45) is 5.01. The number of hydrogen-bond donors (Lipinski definition) is 2. The fourth-order valence-corrected chi connectivity index (χ4v) is 6.32. The van der Waals surface area contributed by atoms with Crippen molar-refractivity contribution in [3.05, 3.63) is 54.4 Å². The topological polar surface area (TPSA) is 113 Å². The van der Waals surface area contributed by atoms with Gasteiger partial charge in [-0.25, -0.2) is 4.98 Å². The number of anilines is 4. The lowest BCUT2D eigenvalue weighted by atomic mass is 10.3. The van der Waals surface area contributed by atoms with Gasteiger partial charge in [-0.1, -0.05) is 30.0 Å². The molecule has 4 heterocycles. The number of nitrogens with one attached hydrogen (secondary N) is 1. The SMILES string of the molecule is Cc1nc(N2CCCC2)nc(N2CCCC2)n1.Nc1ccc2nc(SCC(=O)Nc3ccccc3)sc2c1. The summed E-state index contributed by atoms with van der Waals surface area (Å²) >= 11 is 2.99. The highest BCUT2D eigenvalue weighted by Crippen LogP contribution is 2.30. The number of rotatable bonds is 6. The lowest BCUT2D eigenvalue weighted by Gasteiger charge is -2.19. The van der Waals surface area contributed by atoms with Gasteiger partial charge in [0.2, 0.25) is 17.8 Å². The lowest BCUT2D eigenvalue weighted by Crippen LogP contribution is -2.25. The molecule has 38 heavy (non-hydrogen) atoms. The molecule has 2 aromatic heterocycles. The number of carbonyl (C=O) groups is 1. The average molecular weight is 549 g/mol. The molecule has 1 amide bonds. The molecule has 0 atom stereocenters. The number of nitrogen functional groups attached to an aromatic ring is 1. The zero-order valence-electron chi connectivity index (χ0n) is 21.5. The van der Waals surface area contributed by atoms with Crippen LogP contribution in [0.1, 0.15) is 31.5 Å². The van der Waals surface area contributed by atoms with E-state index in [2.05, 4.69) is 35.1 Å². The van der Waals surface area contributed by atoms with Crippen LogP contribution in [0.5, 0.6) is 0 Å². The first kappa shape index (κ1) is 26.2. The van der Waals surface area contributed by atoms with Gasteiger partial charge in [0.05, 0.1) is 16.0 Å². The lowest BCUT2D eigenvalue weighted by molar-refractivity contribution is -0.113. The smallest absolute Gasteiger partial charge is 0.234 e. The standard InChI is InChI=1S/C15H13N3OS2.C12H19N5/c16-10-6-7-12-13(8-10)21-15(18-12)20-9-14(19)17-11-4-2-1-3-5-11;1-10-13-11(16-6-2-3-7-16)15-12(14-10)17-8-4-5-9-17/h1-8H,9,16H2,(H,17,19);2-9H2,1H3. The van der Waals surface area contributed by atoms with Crippen molar-refractivity contribution in [2.75, 3.05) is 52.8 Å². The van der Waals surface area contributed by atoms with Crippen LogP contribution in [-0.4, -0.2) is 57.8 Å². The summed E-state index contributed by atoms with van der Waals surface area (Å²) in [7, 11) is 0. The number of nitrogens with zero attached hydrogens (tertiary/aromatic N) is 6. The van der Waals surface area contributed by atoms with Crippen LogP contribution in [0.4, 0.5) is 23.3 Å². The number of benzene rings is 2. The molecule has 2 saturated heterocycles. The van der Waals surface area contributed by atoms with E-state index in [4.69, 9.17) is 5.73 Å². The van der Waals surface area contributed by atoms with E-state index < -0.39 is 0 Å². The molecule has 4 aromatic rings. The van der Waals surface area contributed by atoms with Crippen molar-refractivity contribution in [1.82, 2.24) is 19.9 Å². The van der Waals surface area contributed by atoms with E-state index in [0.29, 0.717) is 5.75 Å². The molecule has 0 spiro atoms. The number of thioether (sulfide) groups is 1. The monoisotopic (exact) mass is 548 g/mol. The summed E-state index contributed by atoms with van der Waals surface area (Å²) in [4.78, 5) is 34.5. The zero-order chi connectivity index (χ0) is 26.3. The molecule has 9 nitrogen and oxygen atoms in total. The normalized spacial score (nSPS) is 15.0. The zero-order valence-corrected chi connectivity index (χ0v) is 23.1. The van der Waals surface area contributed by atoms with Crippen molar-refractivity contribution >= 4 is 62.5 Å². The fraction of sp³-hybridized carbons (Fsp3) is 0.370. The second-order valence-corrected chi connectivity index (χ2v) is 11.5. The number of amides is 1. The third-order valence-electron chi connectivity index (χ3n) is 6.28. The van der Waals surface area contributed by atoms with Gasteiger partial charge in [-0.05, 0) is 62.9 Å². The number of fused-ring (bicyclic) bond motifs is 1. The highest BCUT2D eigenvalue weighted by atomic mass is 32.2. The van der Waals surface area contributed by atoms with Gasteiger partial charge in [-0.15, -0.1) is 11.3 Å². The van der Waals surface area contributed by atoms with Crippen molar-refractivity contribution in [2.24, 2.45) is 0 Å². The largest absolute Gasteiger partial charge is 0.399 e. The molecule has 0 aliphatic carbocycles. The van der Waals surface area contributed by atoms with E-state index in [1.54, 1.807) is 11.3 Å². The molecule has 2 aliphatic heterocycles. The first-order valence-electron chi connectivity index (χ1n) is 12.9. The van der Waals surface area contributed by atoms with Gasteiger partial charge in [0, 0.05) is 37.6 Å². The summed E-state index contributed by atoms with van der Waals surface area (Å²) in [5, 5.41) is 2.85. The number of hydrogen-bond acceptors (Lipinski definition) is 10. The van der Waals surface area contributed by atoms with Gasteiger partial charge < -0.3 is 20.9 Å². The van der Waals surface area contributed by atoms with Crippen LogP contribution in [0.25, 0.3) is 10.2 Å². The number of carbonyl (C=O) groups excluding carboxylic acids is 1. The van der Waals surface area contributed by atoms with Crippen molar-refractivity contribution < 1.29 is 4.79 Å². The maximum absolute atomic E-state index is 11.9. The van der Waals surface area contributed by atoms with E-state index in [1.165, 1.54) is 37.4 Å². The maximum atomic E-state index is 11.9. The van der Waals surface area contributed by atoms with E-state index in [0.717, 1.165) is 69.8 Å². The summed E-state index contributed by atoms with van der Waals surface area (Å²) in [5.41, 5.74) is 8.20. The predicted octanol–water partition coefficient (Wildman–Crippen LogP) is 4.99. The Bertz CT molecular complexity index is 1330. The Kier molecular flexibility index (Phi) is 8.54. The number of thiazole rings is 1. The Balaban J connectivity index is 0.000000158. The van der Waals surface area contributed by atoms with E-state index in [-0.39, 0.29) is 5.91 Å². The van der Waals surface area contributed by atoms with Gasteiger partial charge in [-0.3, -0.25) is 4.79 Å². The molecule has 3 N–H and O–H groups in total. The number of nitrogens with two attached hydrogens (primary N) is 1. The Labute approximate surface area is 230 Å². The van der Waals surface area contributed by atoms with Crippen molar-refractivity contribution in [3.8, 4) is 0 Å². The minimum atomic E-state index is -0.0371. The highest BCUT2D eigenvalue weighted by Gasteiger charge is 2.20. The second-order valence-electron chi connectivity index (χ2n) is 9.28. The van der Waals surface area contributed by atoms with Crippen LogP contribution in [0.15, 0.2) is 52.9 Å². The number of para-hydroxylation sites is 1. The van der Waals surface area contributed by atoms with E-state index in [1.807, 2.05) is 55.5 Å². The Morgan fingerprint density at radius 1 is 0.921 bits per heavy atom. The Hall–Kier alpha value is -3.44. The van der Waals surface area contributed by atoms with Crippen LogP contribution in [0, 0.1) is 6.92 Å². The first-order valence-corrected chi connectivity index (χ1v) is 14.7. The van der Waals surface area contributed by atoms with Gasteiger partial charge in [-0.2, -0.15) is 15.0 Å². The minimum absolute atomic E-state index is 0.0371. The molecule has 2 fully saturated rings. The van der Waals surface area contributed by atoms with Gasteiger partial charge >= 0.3 is 0 Å². The summed E-state index contributed by atoms with van der Waals surface area (Å²) < 4.78 is 1.92. The molecule has 198 valence electrons. The van der Waals surface area contributed by atoms with Crippen molar-refractivity contribution in [3.63, 3.8) is 0 Å². The molecule has 6 rings (SSSR count). The van der Waals surface area contributed by atoms with Crippen LogP contribution < -0.4 is 20.9 Å². The minimum Gasteiger partial charge on any atom is -0.399 e. The number of aryl methyl sites for hydroxylation is 1. The number of aromatic nitrogens is 4. The van der Waals surface area contributed by atoms with E-state index in [9.17, 15) is 4.79 Å². The summed E-state index contributed by atoms with van der Waals surface area (Å²) in [6, 6.07) is 15.1. The summed E-state index contributed by atoms with van der Waals surface area (Å²) in [6.45, 7) is 6.30. The third-order valence-corrected chi connectivity index (χ3v) is 8.44. The van der Waals surface area contributed by atoms with Gasteiger partial charge in [0.1, 0.15) is 5.82 Å². The molecule has 2 aliphatic rings. The molecule has 0 saturated carbocycles. The fourth-order valence-electron chi connectivity index (χ4n) is 4.40. The van der Waals surface area contributed by atoms with Crippen LogP contribution in [-0.2, 0) is 4.79 Å². The maximum Gasteiger partial charge on any atom is 0.234 e. The molecule has 0 radical (unpaired) electrons. The second kappa shape index (κ2) is 12.4. The van der Waals surface area contributed by atoms with Crippen molar-refractivity contribution in [2.45, 2.75) is 36.9 Å². The highest BCUT2D eigenvalue weighted by molar-refractivity contribution is 8.01. The molecule has 2 aromatic carbocycles. The molecule has 0 unspecified atom stereocenters. The molecular weight excluding hydrogens is 516 g/mol. The molecule has 0 bridgehead atoms. The van der Waals surface area contributed by atoms with Crippen molar-refractivity contribution in [1.29, 1.82) is 0 Å². The van der Waals surface area contributed by atoms with Crippen LogP contribution in [0.3, 0.4) is 0 Å². The Morgan fingerprint density at radius 2 is 1.55 bits per heavy atom. The van der Waals surface area contributed by atoms with Crippen LogP contribution in [0.2, 0.25) is 0 Å². The van der Waals surface area contributed by atoms with Gasteiger partial charge in [0.25, 0.3) is 0 Å². The first-order chi connectivity index (χ1) is 18.5. The third kappa shape index (κ3) is 6.90. The predicted molar refractivity (Wildman–Crippen MR) is 157 cm³/mol. The summed E-state index contributed by atoms with van der Waals surface area (Å²) in [5.74, 6) is 2.88. The van der Waals surface area contributed by atoms with Gasteiger partial charge in [0.15, 0.2) is 4.34 Å². The average Bonchev–Trinajstić information content (AvgIpc) is 3.70. The molecular formula is C27H32N8OS2. The van der Waals surface area contributed by atoms with E-state index >= 15 is 0 Å². The Morgan fingerprint density at radius 3 is 2.18 bits per heavy atom.